The summed E-state index contributed by atoms with van der Waals surface area (Å²) < 4.78 is 25.2. The summed E-state index contributed by atoms with van der Waals surface area (Å²) in [6, 6.07) is 6.13. The van der Waals surface area contributed by atoms with Crippen LogP contribution in [0, 0.1) is 11.3 Å². The van der Waals surface area contributed by atoms with Crippen LogP contribution in [0.2, 0.25) is 0 Å². The number of aliphatic hydroxyl groups excluding tert-OH is 1. The molecule has 3 rings (SSSR count). The number of halogens is 2. The second kappa shape index (κ2) is 6.89. The Morgan fingerprint density at radius 3 is 2.12 bits per heavy atom. The van der Waals surface area contributed by atoms with Crippen molar-refractivity contribution in [3.63, 3.8) is 0 Å². The maximum absolute atomic E-state index is 13.1. The molecule has 1 heterocycles. The first-order valence-electron chi connectivity index (χ1n) is 9.29. The quantitative estimate of drug-likeness (QED) is 0.854. The monoisotopic (exact) mass is 367 g/mol. The van der Waals surface area contributed by atoms with Crippen molar-refractivity contribution < 1.29 is 23.8 Å². The first kappa shape index (κ1) is 19.2. The van der Waals surface area contributed by atoms with Crippen molar-refractivity contribution in [2.24, 2.45) is 11.3 Å². The van der Waals surface area contributed by atoms with Crippen molar-refractivity contribution in [1.29, 1.82) is 0 Å². The highest BCUT2D eigenvalue weighted by molar-refractivity contribution is 6.00. The third-order valence-electron chi connectivity index (χ3n) is 6.45. The Balaban J connectivity index is 1.72. The Morgan fingerprint density at radius 1 is 1.04 bits per heavy atom. The molecule has 1 aromatic rings. The maximum Gasteiger partial charge on any atom is 0.268 e. The largest absolute Gasteiger partial charge is 0.390 e. The smallest absolute Gasteiger partial charge is 0.268 e. The van der Waals surface area contributed by atoms with Crippen LogP contribution in [0.3, 0.4) is 0 Å². The number of nitrogens with zero attached hydrogens (tertiary/aromatic N) is 1. The van der Waals surface area contributed by atoms with E-state index in [0.717, 1.165) is 6.42 Å². The first-order valence-corrected chi connectivity index (χ1v) is 9.29. The van der Waals surface area contributed by atoms with Gasteiger partial charge in [-0.3, -0.25) is 4.79 Å². The number of hydrogen-bond acceptors (Lipinski definition) is 3. The van der Waals surface area contributed by atoms with Gasteiger partial charge in [0.25, 0.3) is 6.43 Å². The summed E-state index contributed by atoms with van der Waals surface area (Å²) in [4.78, 5) is 14.8. The van der Waals surface area contributed by atoms with E-state index < -0.39 is 23.5 Å². The molecule has 26 heavy (non-hydrogen) atoms. The van der Waals surface area contributed by atoms with Crippen molar-refractivity contribution in [2.45, 2.75) is 64.1 Å². The fourth-order valence-corrected chi connectivity index (χ4v) is 4.27. The summed E-state index contributed by atoms with van der Waals surface area (Å²) >= 11 is 0. The van der Waals surface area contributed by atoms with Crippen LogP contribution in [0.4, 0.5) is 14.5 Å². The van der Waals surface area contributed by atoms with Gasteiger partial charge in [-0.1, -0.05) is 26.0 Å². The molecule has 1 saturated carbocycles. The molecule has 1 aromatic carbocycles. The normalized spacial score (nSPS) is 30.6. The molecule has 6 heteroatoms. The van der Waals surface area contributed by atoms with Gasteiger partial charge in [0, 0.05) is 12.2 Å². The lowest BCUT2D eigenvalue weighted by Gasteiger charge is -2.43. The van der Waals surface area contributed by atoms with Gasteiger partial charge in [0.2, 0.25) is 5.91 Å². The molecule has 144 valence electrons. The topological polar surface area (TPSA) is 60.8 Å². The predicted octanol–water partition coefficient (Wildman–Crippen LogP) is 3.67. The molecule has 0 aromatic heterocycles. The van der Waals surface area contributed by atoms with Crippen LogP contribution in [0.1, 0.15) is 57.6 Å². The number of aliphatic hydroxyl groups is 2. The molecule has 2 fully saturated rings. The molecular formula is C20H27F2NO3. The van der Waals surface area contributed by atoms with E-state index in [2.05, 4.69) is 0 Å². The first-order chi connectivity index (χ1) is 12.2. The van der Waals surface area contributed by atoms with E-state index in [1.807, 2.05) is 13.8 Å². The van der Waals surface area contributed by atoms with Crippen LogP contribution in [-0.2, 0) is 4.79 Å². The van der Waals surface area contributed by atoms with E-state index in [1.165, 1.54) is 12.1 Å². The third kappa shape index (κ3) is 3.25. The highest BCUT2D eigenvalue weighted by Crippen LogP contribution is 2.50. The van der Waals surface area contributed by atoms with E-state index >= 15 is 0 Å². The minimum atomic E-state index is -2.83. The van der Waals surface area contributed by atoms with Crippen LogP contribution in [0.5, 0.6) is 0 Å². The molecule has 1 atom stereocenters. The number of anilines is 1. The number of hydrogen-bond donors (Lipinski definition) is 2. The number of amides is 1. The van der Waals surface area contributed by atoms with E-state index in [4.69, 9.17) is 0 Å². The van der Waals surface area contributed by atoms with Gasteiger partial charge in [0.05, 0.1) is 11.0 Å². The Kier molecular flexibility index (Phi) is 5.10. The third-order valence-corrected chi connectivity index (χ3v) is 6.45. The molecule has 0 bridgehead atoms. The fraction of sp³-hybridized carbons (Fsp3) is 0.650. The molecular weight excluding hydrogens is 340 g/mol. The van der Waals surface area contributed by atoms with E-state index in [9.17, 15) is 23.8 Å². The minimum absolute atomic E-state index is 0.0606. The van der Waals surface area contributed by atoms with Gasteiger partial charge in [-0.05, 0) is 55.7 Å². The van der Waals surface area contributed by atoms with Gasteiger partial charge in [-0.25, -0.2) is 8.78 Å². The zero-order chi connectivity index (χ0) is 19.1. The fourth-order valence-electron chi connectivity index (χ4n) is 4.27. The van der Waals surface area contributed by atoms with Crippen molar-refractivity contribution in [2.75, 3.05) is 11.4 Å². The summed E-state index contributed by atoms with van der Waals surface area (Å²) in [6.45, 7) is 4.61. The molecule has 1 aliphatic carbocycles. The highest BCUT2D eigenvalue weighted by Gasteiger charge is 2.52. The van der Waals surface area contributed by atoms with Gasteiger partial charge in [0.1, 0.15) is 6.10 Å². The second-order valence-electron chi connectivity index (χ2n) is 8.12. The number of carbonyl (C=O) groups excluding carboxylic acids is 1. The Morgan fingerprint density at radius 2 is 1.62 bits per heavy atom. The van der Waals surface area contributed by atoms with Gasteiger partial charge >= 0.3 is 0 Å². The van der Waals surface area contributed by atoms with Crippen LogP contribution < -0.4 is 4.90 Å². The summed E-state index contributed by atoms with van der Waals surface area (Å²) in [5.41, 5.74) is -0.291. The zero-order valence-corrected chi connectivity index (χ0v) is 15.3. The number of carbonyl (C=O) groups is 1. The summed E-state index contributed by atoms with van der Waals surface area (Å²) in [6.07, 6.45) is -1.27. The molecule has 1 spiro atoms. The number of rotatable bonds is 4. The number of benzene rings is 1. The molecule has 1 aliphatic heterocycles. The predicted molar refractivity (Wildman–Crippen MR) is 95.1 cm³/mol. The zero-order valence-electron chi connectivity index (χ0n) is 15.3. The Labute approximate surface area is 152 Å². The van der Waals surface area contributed by atoms with Gasteiger partial charge < -0.3 is 15.1 Å². The van der Waals surface area contributed by atoms with Crippen molar-refractivity contribution in [3.8, 4) is 0 Å². The Bertz CT molecular complexity index is 652. The standard InChI is InChI=1S/C20H27F2NO3/c1-13(2)20(26)9-7-19(8-10-20)11-12-23(18(19)25)15-5-3-14(4-6-15)16(24)17(21)22/h3-6,13,16-17,24,26H,7-12H2,1-2H3. The Hall–Kier alpha value is -1.53. The summed E-state index contributed by atoms with van der Waals surface area (Å²) in [7, 11) is 0. The van der Waals surface area contributed by atoms with Crippen LogP contribution in [0.15, 0.2) is 24.3 Å². The van der Waals surface area contributed by atoms with Crippen LogP contribution in [0.25, 0.3) is 0 Å². The SMILES string of the molecule is CC(C)C1(O)CCC2(CCN(c3ccc(C(O)C(F)F)cc3)C2=O)CC1. The van der Waals surface area contributed by atoms with Gasteiger partial charge in [0.15, 0.2) is 0 Å². The molecule has 1 unspecified atom stereocenters. The molecule has 1 amide bonds. The van der Waals surface area contributed by atoms with Crippen molar-refractivity contribution >= 4 is 11.6 Å². The molecule has 4 nitrogen and oxygen atoms in total. The molecule has 0 radical (unpaired) electrons. The summed E-state index contributed by atoms with van der Waals surface area (Å²) in [5.74, 6) is 0.228. The van der Waals surface area contributed by atoms with Crippen LogP contribution >= 0.6 is 0 Å². The lowest BCUT2D eigenvalue weighted by atomic mass is 9.65. The average Bonchev–Trinajstić information content (AvgIpc) is 2.94. The van der Waals surface area contributed by atoms with Gasteiger partial charge in [-0.15, -0.1) is 0 Å². The van der Waals surface area contributed by atoms with Gasteiger partial charge in [-0.2, -0.15) is 0 Å². The number of alkyl halides is 2. The van der Waals surface area contributed by atoms with Crippen molar-refractivity contribution in [1.82, 2.24) is 0 Å². The summed E-state index contributed by atoms with van der Waals surface area (Å²) in [5, 5.41) is 20.1. The van der Waals surface area contributed by atoms with Crippen molar-refractivity contribution in [3.05, 3.63) is 29.8 Å². The highest BCUT2D eigenvalue weighted by atomic mass is 19.3. The average molecular weight is 367 g/mol. The van der Waals surface area contributed by atoms with E-state index in [-0.39, 0.29) is 17.4 Å². The molecule has 1 saturated heterocycles. The molecule has 2 N–H and O–H groups in total. The lowest BCUT2D eigenvalue weighted by molar-refractivity contribution is -0.132. The second-order valence-corrected chi connectivity index (χ2v) is 8.12. The molecule has 2 aliphatic rings. The lowest BCUT2D eigenvalue weighted by Crippen LogP contribution is -2.46. The maximum atomic E-state index is 13.1. The van der Waals surface area contributed by atoms with E-state index in [1.54, 1.807) is 17.0 Å². The van der Waals surface area contributed by atoms with Crippen LogP contribution in [-0.4, -0.2) is 34.7 Å². The minimum Gasteiger partial charge on any atom is -0.390 e. The van der Waals surface area contributed by atoms with E-state index in [0.29, 0.717) is 37.9 Å².